The summed E-state index contributed by atoms with van der Waals surface area (Å²) >= 11 is 0. The van der Waals surface area contributed by atoms with Crippen molar-refractivity contribution < 1.29 is 9.59 Å². The molecule has 0 atom stereocenters. The maximum atomic E-state index is 12.4. The molecule has 0 unspecified atom stereocenters. The lowest BCUT2D eigenvalue weighted by atomic mass is 10.0. The molecule has 0 aromatic heterocycles. The maximum absolute atomic E-state index is 12.4. The van der Waals surface area contributed by atoms with E-state index in [-0.39, 0.29) is 11.8 Å². The van der Waals surface area contributed by atoms with Gasteiger partial charge in [-0.15, -0.1) is 0 Å². The van der Waals surface area contributed by atoms with Crippen molar-refractivity contribution >= 4 is 23.2 Å². The lowest BCUT2D eigenvalue weighted by molar-refractivity contribution is -0.117. The van der Waals surface area contributed by atoms with Gasteiger partial charge in [-0.25, -0.2) is 0 Å². The van der Waals surface area contributed by atoms with Crippen LogP contribution >= 0.6 is 0 Å². The van der Waals surface area contributed by atoms with Crippen LogP contribution in [0.4, 0.5) is 11.4 Å². The third-order valence-electron chi connectivity index (χ3n) is 5.61. The first-order valence-corrected chi connectivity index (χ1v) is 10.2. The molecule has 2 aliphatic heterocycles. The molecule has 0 saturated carbocycles. The van der Waals surface area contributed by atoms with Crippen LogP contribution in [0.15, 0.2) is 48.5 Å². The molecule has 4 rings (SSSR count). The van der Waals surface area contributed by atoms with Gasteiger partial charge in [0.1, 0.15) is 0 Å². The van der Waals surface area contributed by atoms with Crippen molar-refractivity contribution in [3.63, 3.8) is 0 Å². The van der Waals surface area contributed by atoms with Gasteiger partial charge in [0.2, 0.25) is 5.91 Å². The molecule has 5 heteroatoms. The number of carbonyl (C=O) groups is 2. The topological polar surface area (TPSA) is 52.7 Å². The standard InChI is InChI=1S/C23H27N3O2/c27-22-9-4-17-26(22)20-12-10-19(11-13-20)23(28)24-14-5-16-25-15-3-7-18-6-1-2-8-21(18)25/h1-2,6,8,10-13H,3-5,7,9,14-17H2,(H,24,28). The minimum atomic E-state index is -0.0571. The molecular formula is C23H27N3O2. The van der Waals surface area contributed by atoms with Gasteiger partial charge in [-0.05, 0) is 61.6 Å². The van der Waals surface area contributed by atoms with Crippen molar-refractivity contribution in [3.8, 4) is 0 Å². The molecule has 28 heavy (non-hydrogen) atoms. The number of para-hydroxylation sites is 1. The first-order chi connectivity index (χ1) is 13.7. The summed E-state index contributed by atoms with van der Waals surface area (Å²) in [4.78, 5) is 28.4. The van der Waals surface area contributed by atoms with E-state index in [1.165, 1.54) is 17.7 Å². The summed E-state index contributed by atoms with van der Waals surface area (Å²) in [7, 11) is 0. The summed E-state index contributed by atoms with van der Waals surface area (Å²) in [5.41, 5.74) is 4.28. The van der Waals surface area contributed by atoms with Crippen LogP contribution in [0.3, 0.4) is 0 Å². The predicted octanol–water partition coefficient (Wildman–Crippen LogP) is 3.39. The Kier molecular flexibility index (Phi) is 5.60. The Morgan fingerprint density at radius 2 is 1.75 bits per heavy atom. The number of nitrogens with one attached hydrogen (secondary N) is 1. The zero-order chi connectivity index (χ0) is 19.3. The summed E-state index contributed by atoms with van der Waals surface area (Å²) in [6, 6.07) is 15.9. The van der Waals surface area contributed by atoms with E-state index in [0.717, 1.165) is 44.6 Å². The minimum Gasteiger partial charge on any atom is -0.371 e. The largest absolute Gasteiger partial charge is 0.371 e. The van der Waals surface area contributed by atoms with Crippen LogP contribution in [-0.4, -0.2) is 38.0 Å². The molecule has 146 valence electrons. The summed E-state index contributed by atoms with van der Waals surface area (Å²) in [6.07, 6.45) is 4.78. The Labute approximate surface area is 166 Å². The van der Waals surface area contributed by atoms with E-state index in [1.54, 1.807) is 17.0 Å². The molecule has 1 N–H and O–H groups in total. The molecule has 5 nitrogen and oxygen atoms in total. The number of benzene rings is 2. The number of fused-ring (bicyclic) bond motifs is 1. The minimum absolute atomic E-state index is 0.0571. The SMILES string of the molecule is O=C(NCCCN1CCCc2ccccc21)c1ccc(N2CCCC2=O)cc1. The van der Waals surface area contributed by atoms with Crippen molar-refractivity contribution in [2.75, 3.05) is 36.0 Å². The monoisotopic (exact) mass is 377 g/mol. The third-order valence-corrected chi connectivity index (χ3v) is 5.61. The number of carbonyl (C=O) groups excluding carboxylic acids is 2. The predicted molar refractivity (Wildman–Crippen MR) is 112 cm³/mol. The Hall–Kier alpha value is -2.82. The van der Waals surface area contributed by atoms with Gasteiger partial charge in [0.25, 0.3) is 5.91 Å². The second kappa shape index (κ2) is 8.46. The molecule has 1 fully saturated rings. The maximum Gasteiger partial charge on any atom is 0.251 e. The number of anilines is 2. The molecule has 2 heterocycles. The number of hydrogen-bond donors (Lipinski definition) is 1. The smallest absolute Gasteiger partial charge is 0.251 e. The molecule has 2 aromatic carbocycles. The Morgan fingerprint density at radius 3 is 2.54 bits per heavy atom. The fraction of sp³-hybridized carbons (Fsp3) is 0.391. The van der Waals surface area contributed by atoms with E-state index in [9.17, 15) is 9.59 Å². The normalized spacial score (nSPS) is 16.2. The first kappa shape index (κ1) is 18.5. The fourth-order valence-electron chi connectivity index (χ4n) is 4.13. The number of aryl methyl sites for hydroxylation is 1. The molecule has 0 bridgehead atoms. The lowest BCUT2D eigenvalue weighted by Crippen LogP contribution is -2.33. The van der Waals surface area contributed by atoms with E-state index < -0.39 is 0 Å². The molecule has 2 aliphatic rings. The van der Waals surface area contributed by atoms with Crippen molar-refractivity contribution in [2.24, 2.45) is 0 Å². The zero-order valence-corrected chi connectivity index (χ0v) is 16.2. The van der Waals surface area contributed by atoms with E-state index in [4.69, 9.17) is 0 Å². The molecule has 0 spiro atoms. The second-order valence-electron chi connectivity index (χ2n) is 7.52. The van der Waals surface area contributed by atoms with Gasteiger partial charge in [-0.1, -0.05) is 18.2 Å². The summed E-state index contributed by atoms with van der Waals surface area (Å²) in [5, 5.41) is 3.01. The van der Waals surface area contributed by atoms with E-state index >= 15 is 0 Å². The Balaban J connectivity index is 1.25. The Morgan fingerprint density at radius 1 is 0.964 bits per heavy atom. The van der Waals surface area contributed by atoms with Crippen molar-refractivity contribution in [1.82, 2.24) is 5.32 Å². The molecule has 2 aromatic rings. The van der Waals surface area contributed by atoms with Gasteiger partial charge in [0.15, 0.2) is 0 Å². The average molecular weight is 377 g/mol. The highest BCUT2D eigenvalue weighted by Gasteiger charge is 2.21. The van der Waals surface area contributed by atoms with Crippen LogP contribution in [0, 0.1) is 0 Å². The van der Waals surface area contributed by atoms with Crippen molar-refractivity contribution in [3.05, 3.63) is 59.7 Å². The van der Waals surface area contributed by atoms with Gasteiger partial charge in [-0.2, -0.15) is 0 Å². The van der Waals surface area contributed by atoms with Gasteiger partial charge in [0.05, 0.1) is 0 Å². The average Bonchev–Trinajstić information content (AvgIpc) is 3.17. The van der Waals surface area contributed by atoms with Gasteiger partial charge >= 0.3 is 0 Å². The van der Waals surface area contributed by atoms with Crippen LogP contribution < -0.4 is 15.1 Å². The molecule has 0 radical (unpaired) electrons. The molecular weight excluding hydrogens is 350 g/mol. The van der Waals surface area contributed by atoms with Gasteiger partial charge in [0, 0.05) is 49.5 Å². The number of rotatable bonds is 6. The fourth-order valence-corrected chi connectivity index (χ4v) is 4.13. The summed E-state index contributed by atoms with van der Waals surface area (Å²) in [5.74, 6) is 0.106. The highest BCUT2D eigenvalue weighted by molar-refractivity contribution is 5.97. The zero-order valence-electron chi connectivity index (χ0n) is 16.2. The van der Waals surface area contributed by atoms with Crippen LogP contribution in [-0.2, 0) is 11.2 Å². The van der Waals surface area contributed by atoms with Crippen LogP contribution in [0.5, 0.6) is 0 Å². The molecule has 2 amide bonds. The quantitative estimate of drug-likeness (QED) is 0.785. The summed E-state index contributed by atoms with van der Waals surface area (Å²) < 4.78 is 0. The Bertz CT molecular complexity index is 847. The van der Waals surface area contributed by atoms with Gasteiger partial charge in [-0.3, -0.25) is 9.59 Å². The van der Waals surface area contributed by atoms with Gasteiger partial charge < -0.3 is 15.1 Å². The second-order valence-corrected chi connectivity index (χ2v) is 7.52. The van der Waals surface area contributed by atoms with Crippen LogP contribution in [0.1, 0.15) is 41.6 Å². The number of hydrogen-bond acceptors (Lipinski definition) is 3. The number of amides is 2. The highest BCUT2D eigenvalue weighted by Crippen LogP contribution is 2.26. The third kappa shape index (κ3) is 4.03. The van der Waals surface area contributed by atoms with E-state index in [2.05, 4.69) is 34.5 Å². The lowest BCUT2D eigenvalue weighted by Gasteiger charge is -2.31. The highest BCUT2D eigenvalue weighted by atomic mass is 16.2. The van der Waals surface area contributed by atoms with Crippen LogP contribution in [0.25, 0.3) is 0 Å². The first-order valence-electron chi connectivity index (χ1n) is 10.2. The van der Waals surface area contributed by atoms with E-state index in [0.29, 0.717) is 18.5 Å². The molecule has 0 aliphatic carbocycles. The molecule has 1 saturated heterocycles. The van der Waals surface area contributed by atoms with Crippen molar-refractivity contribution in [1.29, 1.82) is 0 Å². The van der Waals surface area contributed by atoms with Crippen LogP contribution in [0.2, 0.25) is 0 Å². The van der Waals surface area contributed by atoms with Crippen molar-refractivity contribution in [2.45, 2.75) is 32.1 Å². The number of nitrogens with zero attached hydrogens (tertiary/aromatic N) is 2. The summed E-state index contributed by atoms with van der Waals surface area (Å²) in [6.45, 7) is 3.46. The van der Waals surface area contributed by atoms with E-state index in [1.807, 2.05) is 12.1 Å².